The number of rotatable bonds is 30. The second kappa shape index (κ2) is 35.7. The second-order valence-corrected chi connectivity index (χ2v) is 22.5. The molecule has 0 atom stereocenters. The molecule has 0 bridgehead atoms. The molecule has 4 aromatic carbocycles. The van der Waals surface area contributed by atoms with E-state index in [0.29, 0.717) is 52.4 Å². The number of carboxylic acids is 1. The Hall–Kier alpha value is -4.67. The number of benzene rings is 4. The Morgan fingerprint density at radius 2 is 0.895 bits per heavy atom. The summed E-state index contributed by atoms with van der Waals surface area (Å²) in [6, 6.07) is 25.0. The van der Waals surface area contributed by atoms with Crippen molar-refractivity contribution >= 4 is 44.3 Å². The highest BCUT2D eigenvalue weighted by atomic mass is 35.5. The van der Waals surface area contributed by atoms with Crippen LogP contribution in [0.3, 0.4) is 0 Å². The molecule has 0 fully saturated rings. The van der Waals surface area contributed by atoms with Crippen molar-refractivity contribution in [1.82, 2.24) is 29.5 Å². The smallest absolute Gasteiger partial charge is 0.329 e. The molecule has 0 aromatic heterocycles. The minimum absolute atomic E-state index is 0. The normalized spacial score (nSPS) is 11.4. The van der Waals surface area contributed by atoms with Gasteiger partial charge in [-0.25, -0.2) is 21.6 Å². The van der Waals surface area contributed by atoms with E-state index in [0.717, 1.165) is 42.3 Å². The number of hydrogen-bond donors (Lipinski definition) is 4. The Labute approximate surface area is 461 Å². The molecule has 0 saturated carbocycles. The largest absolute Gasteiger partial charge is 0.497 e. The van der Waals surface area contributed by atoms with Crippen LogP contribution in [0, 0.1) is 27.7 Å². The van der Waals surface area contributed by atoms with E-state index in [1.807, 2.05) is 19.2 Å². The third-order valence-corrected chi connectivity index (χ3v) is 17.0. The molecule has 428 valence electrons. The van der Waals surface area contributed by atoms with Gasteiger partial charge in [-0.2, -0.15) is 8.61 Å². The fourth-order valence-corrected chi connectivity index (χ4v) is 11.1. The quantitative estimate of drug-likeness (QED) is 0.0365. The number of carbonyl (C=O) groups is 2. The van der Waals surface area contributed by atoms with Gasteiger partial charge in [-0.1, -0.05) is 76.2 Å². The van der Waals surface area contributed by atoms with E-state index in [1.165, 1.54) is 55.0 Å². The molecule has 20 heteroatoms. The number of nitrogens with zero attached hydrogens (tertiary/aromatic N) is 3. The monoisotopic (exact) mass is 1120 g/mol. The molecule has 17 nitrogen and oxygen atoms in total. The summed E-state index contributed by atoms with van der Waals surface area (Å²) in [5.41, 5.74) is 7.39. The minimum atomic E-state index is -3.70. The van der Waals surface area contributed by atoms with Crippen LogP contribution in [0.5, 0.6) is 11.5 Å². The van der Waals surface area contributed by atoms with Gasteiger partial charge in [0.05, 0.1) is 37.2 Å². The van der Waals surface area contributed by atoms with E-state index in [1.54, 1.807) is 71.0 Å². The highest BCUT2D eigenvalue weighted by Crippen LogP contribution is 2.29. The van der Waals surface area contributed by atoms with Crippen molar-refractivity contribution in [2.24, 2.45) is 0 Å². The van der Waals surface area contributed by atoms with Crippen molar-refractivity contribution in [2.45, 2.75) is 129 Å². The van der Waals surface area contributed by atoms with Crippen molar-refractivity contribution in [3.8, 4) is 11.5 Å². The lowest BCUT2D eigenvalue weighted by Crippen LogP contribution is -2.33. The Morgan fingerprint density at radius 3 is 1.21 bits per heavy atom. The van der Waals surface area contributed by atoms with Crippen molar-refractivity contribution < 1.29 is 50.5 Å². The molecule has 0 saturated heterocycles. The Kier molecular flexibility index (Phi) is 32.6. The number of ether oxygens (including phenoxy) is 4. The maximum absolute atomic E-state index is 13.1. The van der Waals surface area contributed by atoms with E-state index in [2.05, 4.69) is 80.0 Å². The zero-order chi connectivity index (χ0) is 56.3. The molecular formula is C56H89ClN6O11S2. The molecule has 4 aromatic rings. The minimum Gasteiger partial charge on any atom is -0.497 e. The van der Waals surface area contributed by atoms with Gasteiger partial charge in [0.1, 0.15) is 24.7 Å². The van der Waals surface area contributed by atoms with Gasteiger partial charge in [0.15, 0.2) is 0 Å². The van der Waals surface area contributed by atoms with Crippen LogP contribution >= 0.6 is 12.4 Å². The molecule has 0 aliphatic rings. The number of carboxylic acid groups (broad SMARTS) is 1. The van der Waals surface area contributed by atoms with E-state index in [-0.39, 0.29) is 61.0 Å². The van der Waals surface area contributed by atoms with E-state index >= 15 is 0 Å². The van der Waals surface area contributed by atoms with Gasteiger partial charge < -0.3 is 44.9 Å². The van der Waals surface area contributed by atoms with Gasteiger partial charge in [0, 0.05) is 72.5 Å². The maximum Gasteiger partial charge on any atom is 0.329 e. The molecule has 0 aliphatic carbocycles. The lowest BCUT2D eigenvalue weighted by Gasteiger charge is -2.21. The summed E-state index contributed by atoms with van der Waals surface area (Å²) in [5.74, 6) is -0.0341. The molecule has 4 N–H and O–H groups in total. The Bertz CT molecular complexity index is 2520. The second-order valence-electron chi connectivity index (χ2n) is 18.5. The predicted molar refractivity (Wildman–Crippen MR) is 306 cm³/mol. The molecule has 76 heavy (non-hydrogen) atoms. The first kappa shape index (κ1) is 69.3. The number of carbonyl (C=O) groups excluding carboxylic acids is 1. The van der Waals surface area contributed by atoms with Crippen LogP contribution in [0.4, 0.5) is 0 Å². The molecule has 0 aliphatic heterocycles. The summed E-state index contributed by atoms with van der Waals surface area (Å²) in [7, 11) is 2.35. The van der Waals surface area contributed by atoms with Crippen LogP contribution in [-0.2, 0) is 65.3 Å². The highest BCUT2D eigenvalue weighted by Gasteiger charge is 2.27. The summed E-state index contributed by atoms with van der Waals surface area (Å²) < 4.78 is 74.6. The van der Waals surface area contributed by atoms with Crippen molar-refractivity contribution in [3.63, 3.8) is 0 Å². The Balaban J connectivity index is 0.000000626. The number of halogens is 1. The molecule has 0 spiro atoms. The average molecular weight is 1120 g/mol. The topological polar surface area (TPSA) is 205 Å². The molecule has 0 radical (unpaired) electrons. The first-order chi connectivity index (χ1) is 35.5. The number of nitrogens with one attached hydrogen (secondary N) is 3. The predicted octanol–water partition coefficient (Wildman–Crippen LogP) is 8.03. The fourth-order valence-electron chi connectivity index (χ4n) is 8.02. The average Bonchev–Trinajstić information content (AvgIpc) is 3.37. The van der Waals surface area contributed by atoms with Gasteiger partial charge in [0.25, 0.3) is 0 Å². The third kappa shape index (κ3) is 23.1. The summed E-state index contributed by atoms with van der Waals surface area (Å²) in [6.45, 7) is 18.8. The lowest BCUT2D eigenvalue weighted by molar-refractivity contribution is -0.142. The van der Waals surface area contributed by atoms with E-state index in [9.17, 15) is 26.4 Å². The summed E-state index contributed by atoms with van der Waals surface area (Å²) in [4.78, 5) is 25.0. The third-order valence-electron chi connectivity index (χ3n) is 12.7. The van der Waals surface area contributed by atoms with Gasteiger partial charge in [-0.05, 0) is 129 Å². The molecule has 0 heterocycles. The van der Waals surface area contributed by atoms with Crippen LogP contribution < -0.4 is 25.4 Å². The van der Waals surface area contributed by atoms with Crippen LogP contribution in [-0.4, -0.2) is 141 Å². The van der Waals surface area contributed by atoms with E-state index < -0.39 is 32.6 Å². The zero-order valence-corrected chi connectivity index (χ0v) is 50.0. The van der Waals surface area contributed by atoms with Crippen molar-refractivity contribution in [1.29, 1.82) is 0 Å². The molecule has 4 rings (SSSR count). The highest BCUT2D eigenvalue weighted by molar-refractivity contribution is 7.89. The molecular weight excluding hydrogens is 1030 g/mol. The maximum atomic E-state index is 13.1. The van der Waals surface area contributed by atoms with Crippen molar-refractivity contribution in [3.05, 3.63) is 117 Å². The summed E-state index contributed by atoms with van der Waals surface area (Å²) in [6.07, 6.45) is 4.62. The van der Waals surface area contributed by atoms with Crippen LogP contribution in [0.15, 0.2) is 82.6 Å². The standard InChI is InChI=1S/C28H43N3O5S.C14H24N2.C14H21NO6S.ClH/c1-8-25(9-2)29-18-23-10-12-24(13-11-23)19-30(5)27(32)20-36-15-14-31(6)37(33,34)28-21(3)16-26(35-7)17-22(28)4;1-4-14(5-2)16-11-13-8-6-12(7-9-13)10-15-3;1-10-7-12(20-4)8-11(2)14(10)22(18,19)15(3)5-6-21-9-13(16)17;/h10-13,16-17,25,29H,8-9,14-15,18-20H2,1-7H3;6-9,14-16H,4-5,10-11H2,1-3H3;7-8H,5-6,9H2,1-4H3,(H,16,17);1H. The van der Waals surface area contributed by atoms with E-state index in [4.69, 9.17) is 24.1 Å². The number of amides is 1. The van der Waals surface area contributed by atoms with Crippen LogP contribution in [0.1, 0.15) is 97.9 Å². The number of sulfonamides is 2. The van der Waals surface area contributed by atoms with Crippen LogP contribution in [0.25, 0.3) is 0 Å². The van der Waals surface area contributed by atoms with Crippen molar-refractivity contribution in [2.75, 3.05) is 81.9 Å². The van der Waals surface area contributed by atoms with Gasteiger partial charge >= 0.3 is 5.97 Å². The van der Waals surface area contributed by atoms with Gasteiger partial charge in [0.2, 0.25) is 26.0 Å². The van der Waals surface area contributed by atoms with Gasteiger partial charge in [-0.15, -0.1) is 12.4 Å². The Morgan fingerprint density at radius 1 is 0.566 bits per heavy atom. The number of methoxy groups -OCH3 is 2. The molecule has 0 unspecified atom stereocenters. The number of hydrogen-bond acceptors (Lipinski definition) is 13. The SMILES string of the molecule is CCC(CC)NCc1ccc(CN(C)C(=O)COCCN(C)S(=O)(=O)c2c(C)cc(OC)cc2C)cc1.CCC(CC)NCc1ccc(CNC)cc1.COc1cc(C)c(S(=O)(=O)N(C)CCOCC(=O)O)c(C)c1.Cl. The van der Waals surface area contributed by atoms with Crippen LogP contribution in [0.2, 0.25) is 0 Å². The summed E-state index contributed by atoms with van der Waals surface area (Å²) in [5, 5.41) is 18.7. The molecule has 1 amide bonds. The fraction of sp³-hybridized carbons (Fsp3) is 0.536. The zero-order valence-electron chi connectivity index (χ0n) is 47.6. The summed E-state index contributed by atoms with van der Waals surface area (Å²) >= 11 is 0. The lowest BCUT2D eigenvalue weighted by atomic mass is 10.1. The number of aryl methyl sites for hydroxylation is 4. The number of aliphatic carboxylic acids is 1. The number of likely N-dealkylation sites (N-methyl/N-ethyl adjacent to an activating group) is 3. The first-order valence-electron chi connectivity index (χ1n) is 25.6. The van der Waals surface area contributed by atoms with Gasteiger partial charge in [-0.3, -0.25) is 4.79 Å². The first-order valence-corrected chi connectivity index (χ1v) is 28.5.